The number of nitrogens with zero attached hydrogens (tertiary/aromatic N) is 3. The summed E-state index contributed by atoms with van der Waals surface area (Å²) in [5, 5.41) is 34.4. The van der Waals surface area contributed by atoms with Gasteiger partial charge in [-0.3, -0.25) is 23.7 Å². The van der Waals surface area contributed by atoms with E-state index in [-0.39, 0.29) is 18.1 Å². The molecule has 15 nitrogen and oxygen atoms in total. The van der Waals surface area contributed by atoms with Crippen molar-refractivity contribution in [2.45, 2.75) is 37.7 Å². The smallest absolute Gasteiger partial charge is 0.403 e. The van der Waals surface area contributed by atoms with Gasteiger partial charge in [0.25, 0.3) is 0 Å². The third kappa shape index (κ3) is 6.47. The molecule has 0 spiro atoms. The van der Waals surface area contributed by atoms with Gasteiger partial charge in [-0.2, -0.15) is 4.98 Å². The Morgan fingerprint density at radius 3 is 2.59 bits per heavy atom. The highest BCUT2D eigenvalue weighted by Gasteiger charge is 2.45. The molecule has 0 aliphatic carbocycles. The highest BCUT2D eigenvalue weighted by molar-refractivity contribution is 7.51. The molecule has 0 bridgehead atoms. The largest absolute Gasteiger partial charge is 0.433 e. The molecule has 2 aromatic heterocycles. The molecule has 1 aromatic carbocycles. The maximum Gasteiger partial charge on any atom is 0.433 e. The highest BCUT2D eigenvalue weighted by atomic mass is 31.2. The van der Waals surface area contributed by atoms with Gasteiger partial charge in [-0.15, -0.1) is 0 Å². The Balaban J connectivity index is 1.45. The average Bonchev–Trinajstić information content (AvgIpc) is 3.47. The quantitative estimate of drug-likeness (QED) is 0.153. The molecule has 0 saturated carbocycles. The molecular weight excluding hydrogens is 513 g/mol. The molecule has 3 unspecified atom stereocenters. The van der Waals surface area contributed by atoms with E-state index in [1.165, 1.54) is 18.3 Å². The average molecular weight is 537 g/mol. The predicted octanol–water partition coefficient (Wildman–Crippen LogP) is 1.08. The van der Waals surface area contributed by atoms with Gasteiger partial charge in [0.2, 0.25) is 0 Å². The SMILES string of the molecule is Nc1ccn([C@@H]2O[C@H](COP(=O)(NCc3ccccc3)OCc3ccc([N+](=O)[O-])o3)C(O)C2O)c(=O)n1. The number of nitrogens with one attached hydrogen (secondary N) is 1. The van der Waals surface area contributed by atoms with Gasteiger partial charge in [-0.25, -0.2) is 14.4 Å². The Morgan fingerprint density at radius 2 is 1.92 bits per heavy atom. The van der Waals surface area contributed by atoms with E-state index in [2.05, 4.69) is 10.1 Å². The van der Waals surface area contributed by atoms with Crippen molar-refractivity contribution in [3.05, 3.63) is 86.7 Å². The summed E-state index contributed by atoms with van der Waals surface area (Å²) in [6, 6.07) is 12.7. The Hall–Kier alpha value is -3.43. The summed E-state index contributed by atoms with van der Waals surface area (Å²) in [6.07, 6.45) is -4.29. The molecule has 4 rings (SSSR count). The lowest BCUT2D eigenvalue weighted by Crippen LogP contribution is -2.36. The van der Waals surface area contributed by atoms with Crippen molar-refractivity contribution in [1.82, 2.24) is 14.6 Å². The Kier molecular flexibility index (Phi) is 8.14. The normalized spacial score (nSPS) is 23.1. The molecule has 5 atom stereocenters. The highest BCUT2D eigenvalue weighted by Crippen LogP contribution is 2.46. The summed E-state index contributed by atoms with van der Waals surface area (Å²) in [7, 11) is -4.12. The van der Waals surface area contributed by atoms with Crippen LogP contribution in [0.5, 0.6) is 0 Å². The van der Waals surface area contributed by atoms with Crippen LogP contribution in [0, 0.1) is 10.1 Å². The summed E-state index contributed by atoms with van der Waals surface area (Å²) < 4.78 is 36.0. The molecule has 198 valence electrons. The molecule has 1 fully saturated rings. The number of aromatic nitrogens is 2. The van der Waals surface area contributed by atoms with Crippen molar-refractivity contribution >= 4 is 19.4 Å². The summed E-state index contributed by atoms with van der Waals surface area (Å²) in [6.45, 7) is -0.871. The molecule has 0 amide bonds. The third-order valence-corrected chi connectivity index (χ3v) is 6.90. The van der Waals surface area contributed by atoms with Crippen LogP contribution in [0.25, 0.3) is 0 Å². The number of hydrogen-bond donors (Lipinski definition) is 4. The van der Waals surface area contributed by atoms with Crippen molar-refractivity contribution in [3.8, 4) is 0 Å². The van der Waals surface area contributed by atoms with Crippen LogP contribution in [0.1, 0.15) is 17.6 Å². The van der Waals surface area contributed by atoms with Crippen LogP contribution in [0.15, 0.2) is 63.9 Å². The number of nitro groups is 1. The van der Waals surface area contributed by atoms with Crippen LogP contribution in [0.4, 0.5) is 11.7 Å². The molecule has 16 heteroatoms. The second kappa shape index (κ2) is 11.3. The zero-order valence-corrected chi connectivity index (χ0v) is 20.0. The first-order chi connectivity index (χ1) is 17.6. The molecular formula is C21H24N5O10P. The minimum atomic E-state index is -4.12. The first-order valence-corrected chi connectivity index (χ1v) is 12.5. The van der Waals surface area contributed by atoms with Crippen LogP contribution < -0.4 is 16.5 Å². The van der Waals surface area contributed by atoms with Gasteiger partial charge in [0.05, 0.1) is 12.7 Å². The molecule has 0 radical (unpaired) electrons. The van der Waals surface area contributed by atoms with E-state index in [9.17, 15) is 29.7 Å². The number of ether oxygens (including phenoxy) is 1. The number of furan rings is 1. The Bertz CT molecular complexity index is 1330. The molecule has 1 saturated heterocycles. The molecule has 1 aliphatic heterocycles. The van der Waals surface area contributed by atoms with Gasteiger partial charge in [0.1, 0.15) is 41.4 Å². The second-order valence-corrected chi connectivity index (χ2v) is 9.80. The summed E-state index contributed by atoms with van der Waals surface area (Å²) in [5.41, 5.74) is 5.43. The van der Waals surface area contributed by atoms with Crippen molar-refractivity contribution < 1.29 is 37.9 Å². The topological polar surface area (TPSA) is 214 Å². The fourth-order valence-electron chi connectivity index (χ4n) is 3.49. The van der Waals surface area contributed by atoms with Crippen molar-refractivity contribution in [3.63, 3.8) is 0 Å². The van der Waals surface area contributed by atoms with Crippen LogP contribution in [0.3, 0.4) is 0 Å². The van der Waals surface area contributed by atoms with Crippen molar-refractivity contribution in [2.24, 2.45) is 0 Å². The van der Waals surface area contributed by atoms with Crippen LogP contribution in [0.2, 0.25) is 0 Å². The number of aliphatic hydroxyl groups is 2. The van der Waals surface area contributed by atoms with Crippen LogP contribution >= 0.6 is 7.75 Å². The monoisotopic (exact) mass is 537 g/mol. The van der Waals surface area contributed by atoms with Gasteiger partial charge < -0.3 is 25.1 Å². The lowest BCUT2D eigenvalue weighted by atomic mass is 10.1. The zero-order chi connectivity index (χ0) is 26.6. The lowest BCUT2D eigenvalue weighted by molar-refractivity contribution is -0.402. The molecule has 3 aromatic rings. The van der Waals surface area contributed by atoms with E-state index in [1.54, 1.807) is 24.3 Å². The molecule has 3 heterocycles. The number of anilines is 1. The fraction of sp³-hybridized carbons (Fsp3) is 0.333. The van der Waals surface area contributed by atoms with Crippen LogP contribution in [-0.2, 0) is 31.5 Å². The number of hydrogen-bond acceptors (Lipinski definition) is 12. The van der Waals surface area contributed by atoms with Gasteiger partial charge in [0, 0.05) is 12.7 Å². The summed E-state index contributed by atoms with van der Waals surface area (Å²) in [4.78, 5) is 25.8. The molecule has 1 aliphatic rings. The third-order valence-electron chi connectivity index (χ3n) is 5.40. The maximum atomic E-state index is 13.5. The minimum absolute atomic E-state index is 0.0277. The number of nitrogens with two attached hydrogens (primary N) is 1. The zero-order valence-electron chi connectivity index (χ0n) is 19.2. The van der Waals surface area contributed by atoms with Crippen LogP contribution in [-0.4, -0.2) is 49.6 Å². The van der Waals surface area contributed by atoms with E-state index in [4.69, 9.17) is 23.9 Å². The minimum Gasteiger partial charge on any atom is -0.403 e. The Labute approximate surface area is 209 Å². The second-order valence-electron chi connectivity index (χ2n) is 7.97. The van der Waals surface area contributed by atoms with Crippen molar-refractivity contribution in [1.29, 1.82) is 0 Å². The van der Waals surface area contributed by atoms with E-state index in [1.807, 2.05) is 6.07 Å². The number of aliphatic hydroxyl groups excluding tert-OH is 2. The molecule has 37 heavy (non-hydrogen) atoms. The summed E-state index contributed by atoms with van der Waals surface area (Å²) >= 11 is 0. The van der Waals surface area contributed by atoms with Gasteiger partial charge >= 0.3 is 19.3 Å². The van der Waals surface area contributed by atoms with Gasteiger partial charge in [-0.1, -0.05) is 30.3 Å². The Morgan fingerprint density at radius 1 is 1.16 bits per heavy atom. The standard InChI is InChI=1S/C21H24N5O10P/c22-16-8-9-25(21(29)24-16)20-19(28)18(27)15(36-20)12-34-37(32,23-10-13-4-2-1-3-5-13)33-11-14-6-7-17(35-14)26(30)31/h1-9,15,18-20,27-28H,10-12H2,(H,23,32)(H2,22,24,29)/t15-,18?,19?,20-,37?/m1/s1. The number of benzene rings is 1. The number of nitrogen functional groups attached to an aromatic ring is 1. The van der Waals surface area contributed by atoms with E-state index >= 15 is 0 Å². The first-order valence-electron chi connectivity index (χ1n) is 10.9. The van der Waals surface area contributed by atoms with E-state index < -0.39 is 62.0 Å². The van der Waals surface area contributed by atoms with Crippen molar-refractivity contribution in [2.75, 3.05) is 12.3 Å². The van der Waals surface area contributed by atoms with Gasteiger partial charge in [0.15, 0.2) is 6.23 Å². The summed E-state index contributed by atoms with van der Waals surface area (Å²) in [5.74, 6) is -0.514. The van der Waals surface area contributed by atoms with E-state index in [0.29, 0.717) is 0 Å². The lowest BCUT2D eigenvalue weighted by Gasteiger charge is -2.22. The number of rotatable bonds is 11. The fourth-order valence-corrected chi connectivity index (χ4v) is 4.76. The first kappa shape index (κ1) is 26.6. The predicted molar refractivity (Wildman–Crippen MR) is 126 cm³/mol. The van der Waals surface area contributed by atoms with Gasteiger partial charge in [-0.05, 0) is 17.7 Å². The maximum absolute atomic E-state index is 13.5. The van der Waals surface area contributed by atoms with E-state index in [0.717, 1.165) is 16.2 Å². The molecule has 5 N–H and O–H groups in total.